The molecule has 0 spiro atoms. The maximum absolute atomic E-state index is 12.2. The van der Waals surface area contributed by atoms with Crippen molar-refractivity contribution in [3.63, 3.8) is 0 Å². The minimum atomic E-state index is -0.668. The van der Waals surface area contributed by atoms with E-state index in [0.29, 0.717) is 24.0 Å². The normalized spacial score (nSPS) is 10.9. The third-order valence-corrected chi connectivity index (χ3v) is 3.80. The van der Waals surface area contributed by atoms with Crippen LogP contribution in [0.15, 0.2) is 30.5 Å². The number of carbonyl (C=O) groups is 1. The summed E-state index contributed by atoms with van der Waals surface area (Å²) in [6.45, 7) is 6.50. The minimum absolute atomic E-state index is 0.0288. The number of benzene rings is 1. The van der Waals surface area contributed by atoms with Gasteiger partial charge in [-0.05, 0) is 36.6 Å². The second-order valence-corrected chi connectivity index (χ2v) is 6.55. The van der Waals surface area contributed by atoms with E-state index < -0.39 is 10.9 Å². The maximum atomic E-state index is 12.2. The fourth-order valence-electron chi connectivity index (χ4n) is 2.41. The smallest absolute Gasteiger partial charge is 0.340 e. The molecule has 1 aromatic heterocycles. The molecule has 1 aromatic carbocycles. The molecular formula is C21H24N2O6. The van der Waals surface area contributed by atoms with Crippen LogP contribution in [0.4, 0.5) is 5.69 Å². The molecule has 0 saturated carbocycles. The number of ether oxygens (including phenoxy) is 3. The van der Waals surface area contributed by atoms with Gasteiger partial charge in [0.25, 0.3) is 5.69 Å². The zero-order valence-corrected chi connectivity index (χ0v) is 16.9. The second-order valence-electron chi connectivity index (χ2n) is 6.55. The molecule has 8 heteroatoms. The zero-order chi connectivity index (χ0) is 21.4. The summed E-state index contributed by atoms with van der Waals surface area (Å²) in [4.78, 5) is 26.6. The Bertz CT molecular complexity index is 908. The van der Waals surface area contributed by atoms with Gasteiger partial charge in [-0.15, -0.1) is 0 Å². The molecule has 0 N–H and O–H groups in total. The number of nitrogens with zero attached hydrogens (tertiary/aromatic N) is 2. The van der Waals surface area contributed by atoms with Gasteiger partial charge in [-0.3, -0.25) is 10.1 Å². The van der Waals surface area contributed by atoms with Crippen LogP contribution in [0.3, 0.4) is 0 Å². The predicted octanol–water partition coefficient (Wildman–Crippen LogP) is 4.38. The van der Waals surface area contributed by atoms with Crippen molar-refractivity contribution < 1.29 is 23.9 Å². The molecular weight excluding hydrogens is 376 g/mol. The molecule has 0 radical (unpaired) electrons. The summed E-state index contributed by atoms with van der Waals surface area (Å²) in [5, 5.41) is 11.0. The van der Waals surface area contributed by atoms with Crippen molar-refractivity contribution >= 4 is 23.8 Å². The van der Waals surface area contributed by atoms with Crippen LogP contribution in [0.5, 0.6) is 11.5 Å². The van der Waals surface area contributed by atoms with Crippen molar-refractivity contribution in [3.05, 3.63) is 57.4 Å². The largest absolute Gasteiger partial charge is 0.493 e. The summed E-state index contributed by atoms with van der Waals surface area (Å²) >= 11 is 0. The van der Waals surface area contributed by atoms with Gasteiger partial charge in [0.1, 0.15) is 6.20 Å². The Morgan fingerprint density at radius 2 is 2.00 bits per heavy atom. The molecule has 0 aliphatic heterocycles. The van der Waals surface area contributed by atoms with Gasteiger partial charge in [0.2, 0.25) is 0 Å². The van der Waals surface area contributed by atoms with Crippen molar-refractivity contribution in [1.29, 1.82) is 0 Å². The predicted molar refractivity (Wildman–Crippen MR) is 109 cm³/mol. The number of hydrogen-bond acceptors (Lipinski definition) is 7. The molecule has 0 amide bonds. The van der Waals surface area contributed by atoms with Gasteiger partial charge in [-0.25, -0.2) is 9.78 Å². The standard InChI is InChI=1S/C21H24N2O6/c1-5-28-21(24)17-11-16(23(25)26)12-22-18(17)8-6-15-7-9-19(20(10-15)27-4)29-13-14(2)3/h6-12,14H,5,13H2,1-4H3/b8-6+. The van der Waals surface area contributed by atoms with Crippen LogP contribution in [-0.2, 0) is 4.74 Å². The average Bonchev–Trinajstić information content (AvgIpc) is 2.70. The Morgan fingerprint density at radius 3 is 2.62 bits per heavy atom. The topological polar surface area (TPSA) is 101 Å². The SMILES string of the molecule is CCOC(=O)c1cc([N+](=O)[O-])cnc1/C=C/c1ccc(OCC(C)C)c(OC)c1. The van der Waals surface area contributed by atoms with Gasteiger partial charge < -0.3 is 14.2 Å². The minimum Gasteiger partial charge on any atom is -0.493 e. The zero-order valence-electron chi connectivity index (χ0n) is 16.9. The molecule has 0 fully saturated rings. The highest BCUT2D eigenvalue weighted by Gasteiger charge is 2.18. The summed E-state index contributed by atoms with van der Waals surface area (Å²) < 4.78 is 16.1. The van der Waals surface area contributed by atoms with Crippen LogP contribution in [0.2, 0.25) is 0 Å². The van der Waals surface area contributed by atoms with Crippen molar-refractivity contribution in [2.45, 2.75) is 20.8 Å². The number of esters is 1. The van der Waals surface area contributed by atoms with E-state index in [1.165, 1.54) is 0 Å². The first-order valence-electron chi connectivity index (χ1n) is 9.16. The molecule has 8 nitrogen and oxygen atoms in total. The van der Waals surface area contributed by atoms with E-state index in [9.17, 15) is 14.9 Å². The molecule has 2 aromatic rings. The van der Waals surface area contributed by atoms with Gasteiger partial charge >= 0.3 is 5.97 Å². The fourth-order valence-corrected chi connectivity index (χ4v) is 2.41. The number of carbonyl (C=O) groups excluding carboxylic acids is 1. The van der Waals surface area contributed by atoms with Crippen molar-refractivity contribution in [2.75, 3.05) is 20.3 Å². The molecule has 0 aliphatic carbocycles. The average molecular weight is 400 g/mol. The van der Waals surface area contributed by atoms with Gasteiger partial charge in [0.05, 0.1) is 36.5 Å². The number of hydrogen-bond donors (Lipinski definition) is 0. The summed E-state index contributed by atoms with van der Waals surface area (Å²) in [6.07, 6.45) is 4.43. The van der Waals surface area contributed by atoms with Crippen LogP contribution < -0.4 is 9.47 Å². The van der Waals surface area contributed by atoms with Crippen molar-refractivity contribution in [2.24, 2.45) is 5.92 Å². The highest BCUT2D eigenvalue weighted by atomic mass is 16.6. The molecule has 0 saturated heterocycles. The number of pyridine rings is 1. The number of methoxy groups -OCH3 is 1. The van der Waals surface area contributed by atoms with E-state index in [-0.39, 0.29) is 23.6 Å². The lowest BCUT2D eigenvalue weighted by Crippen LogP contribution is -2.08. The molecule has 0 bridgehead atoms. The lowest BCUT2D eigenvalue weighted by atomic mass is 10.1. The van der Waals surface area contributed by atoms with E-state index in [4.69, 9.17) is 14.2 Å². The van der Waals surface area contributed by atoms with Crippen molar-refractivity contribution in [1.82, 2.24) is 4.98 Å². The van der Waals surface area contributed by atoms with E-state index >= 15 is 0 Å². The highest BCUT2D eigenvalue weighted by molar-refractivity contribution is 5.94. The monoisotopic (exact) mass is 400 g/mol. The molecule has 0 unspecified atom stereocenters. The van der Waals surface area contributed by atoms with E-state index in [2.05, 4.69) is 18.8 Å². The summed E-state index contributed by atoms with van der Waals surface area (Å²) in [7, 11) is 1.56. The third-order valence-electron chi connectivity index (χ3n) is 3.80. The number of aromatic nitrogens is 1. The first-order valence-corrected chi connectivity index (χ1v) is 9.16. The van der Waals surface area contributed by atoms with E-state index in [0.717, 1.165) is 17.8 Å². The molecule has 29 heavy (non-hydrogen) atoms. The summed E-state index contributed by atoms with van der Waals surface area (Å²) in [5.74, 6) is 0.932. The Morgan fingerprint density at radius 1 is 1.24 bits per heavy atom. The number of nitro groups is 1. The second kappa shape index (κ2) is 10.2. The first kappa shape index (κ1) is 21.9. The molecule has 2 rings (SSSR count). The van der Waals surface area contributed by atoms with Gasteiger partial charge in [-0.2, -0.15) is 0 Å². The lowest BCUT2D eigenvalue weighted by molar-refractivity contribution is -0.385. The Labute approximate surface area is 169 Å². The van der Waals surface area contributed by atoms with Crippen LogP contribution in [0.25, 0.3) is 12.2 Å². The fraction of sp³-hybridized carbons (Fsp3) is 0.333. The molecule has 0 aliphatic rings. The molecule has 154 valence electrons. The van der Waals surface area contributed by atoms with E-state index in [1.807, 2.05) is 6.07 Å². The lowest BCUT2D eigenvalue weighted by Gasteiger charge is -2.12. The van der Waals surface area contributed by atoms with Gasteiger partial charge in [-0.1, -0.05) is 26.0 Å². The Balaban J connectivity index is 2.32. The molecule has 1 heterocycles. The van der Waals surface area contributed by atoms with Crippen LogP contribution in [-0.4, -0.2) is 36.2 Å². The Hall–Kier alpha value is -3.42. The van der Waals surface area contributed by atoms with Gasteiger partial charge in [0, 0.05) is 6.07 Å². The van der Waals surface area contributed by atoms with Gasteiger partial charge in [0.15, 0.2) is 11.5 Å². The van der Waals surface area contributed by atoms with E-state index in [1.54, 1.807) is 38.3 Å². The molecule has 0 atom stereocenters. The first-order chi connectivity index (χ1) is 13.8. The van der Waals surface area contributed by atoms with Crippen LogP contribution >= 0.6 is 0 Å². The highest BCUT2D eigenvalue weighted by Crippen LogP contribution is 2.29. The summed E-state index contributed by atoms with van der Waals surface area (Å²) in [6, 6.07) is 6.59. The summed E-state index contributed by atoms with van der Waals surface area (Å²) in [5.41, 5.74) is 0.807. The maximum Gasteiger partial charge on any atom is 0.340 e. The van der Waals surface area contributed by atoms with Crippen LogP contribution in [0, 0.1) is 16.0 Å². The number of rotatable bonds is 9. The third kappa shape index (κ3) is 6.03. The quantitative estimate of drug-likeness (QED) is 0.350. The van der Waals surface area contributed by atoms with Crippen LogP contribution in [0.1, 0.15) is 42.4 Å². The Kier molecular flexibility index (Phi) is 7.70. The van der Waals surface area contributed by atoms with Crippen molar-refractivity contribution in [3.8, 4) is 11.5 Å².